The molecule has 2 N–H and O–H groups in total. The van der Waals surface area contributed by atoms with Gasteiger partial charge in [0.15, 0.2) is 0 Å². The molecule has 0 spiro atoms. The second kappa shape index (κ2) is 6.75. The quantitative estimate of drug-likeness (QED) is 0.752. The maximum Gasteiger partial charge on any atom is 0.313 e. The first-order valence-corrected chi connectivity index (χ1v) is 7.23. The van der Waals surface area contributed by atoms with E-state index in [0.717, 1.165) is 37.0 Å². The van der Waals surface area contributed by atoms with Crippen molar-refractivity contribution < 1.29 is 19.7 Å². The zero-order chi connectivity index (χ0) is 14.4. The molecule has 1 aromatic rings. The molecular weight excluding hydrogens is 256 g/mol. The predicted octanol–water partition coefficient (Wildman–Crippen LogP) is 2.64. The molecule has 0 aromatic heterocycles. The zero-order valence-corrected chi connectivity index (χ0v) is 11.7. The number of ether oxygens (including phenoxy) is 1. The standard InChI is InChI=1S/C16H22O4/c17-10-6-2-1-5-9-16(15(18)19)11-13-7-3-4-8-14(13)20-12-16/h3-4,7-8,17H,1-2,5-6,9-12H2,(H,18,19). The highest BCUT2D eigenvalue weighted by Crippen LogP contribution is 2.38. The number of para-hydroxylation sites is 1. The van der Waals surface area contributed by atoms with Crippen LogP contribution in [0.1, 0.15) is 37.7 Å². The third-order valence-corrected chi connectivity index (χ3v) is 4.02. The minimum absolute atomic E-state index is 0.209. The molecule has 1 heterocycles. The largest absolute Gasteiger partial charge is 0.492 e. The number of aliphatic hydroxyl groups is 1. The smallest absolute Gasteiger partial charge is 0.313 e. The van der Waals surface area contributed by atoms with Crippen molar-refractivity contribution in [1.29, 1.82) is 0 Å². The van der Waals surface area contributed by atoms with Gasteiger partial charge in [-0.25, -0.2) is 0 Å². The first kappa shape index (κ1) is 14.9. The summed E-state index contributed by atoms with van der Waals surface area (Å²) in [7, 11) is 0. The van der Waals surface area contributed by atoms with E-state index in [0.29, 0.717) is 12.8 Å². The van der Waals surface area contributed by atoms with Gasteiger partial charge in [0.25, 0.3) is 0 Å². The van der Waals surface area contributed by atoms with Crippen molar-refractivity contribution in [3.63, 3.8) is 0 Å². The second-order valence-corrected chi connectivity index (χ2v) is 5.55. The lowest BCUT2D eigenvalue weighted by Gasteiger charge is -2.34. The van der Waals surface area contributed by atoms with Gasteiger partial charge in [-0.1, -0.05) is 37.5 Å². The van der Waals surface area contributed by atoms with E-state index in [4.69, 9.17) is 9.84 Å². The predicted molar refractivity (Wildman–Crippen MR) is 75.9 cm³/mol. The van der Waals surface area contributed by atoms with Gasteiger partial charge in [-0.2, -0.15) is 0 Å². The summed E-state index contributed by atoms with van der Waals surface area (Å²) in [4.78, 5) is 11.7. The number of unbranched alkanes of at least 4 members (excludes halogenated alkanes) is 3. The number of carboxylic acids is 1. The maximum atomic E-state index is 11.7. The fraction of sp³-hybridized carbons (Fsp3) is 0.562. The summed E-state index contributed by atoms with van der Waals surface area (Å²) < 4.78 is 5.66. The van der Waals surface area contributed by atoms with Crippen LogP contribution in [0.4, 0.5) is 0 Å². The molecule has 2 rings (SSSR count). The molecule has 0 saturated heterocycles. The lowest BCUT2D eigenvalue weighted by Crippen LogP contribution is -2.42. The van der Waals surface area contributed by atoms with Gasteiger partial charge in [0, 0.05) is 6.61 Å². The van der Waals surface area contributed by atoms with Gasteiger partial charge in [0.2, 0.25) is 0 Å². The topological polar surface area (TPSA) is 66.8 Å². The number of hydrogen-bond donors (Lipinski definition) is 2. The van der Waals surface area contributed by atoms with Crippen LogP contribution in [0.2, 0.25) is 0 Å². The molecule has 0 bridgehead atoms. The summed E-state index contributed by atoms with van der Waals surface area (Å²) in [6, 6.07) is 7.66. The highest BCUT2D eigenvalue weighted by Gasteiger charge is 2.42. The Morgan fingerprint density at radius 1 is 1.20 bits per heavy atom. The van der Waals surface area contributed by atoms with Crippen LogP contribution >= 0.6 is 0 Å². The molecule has 20 heavy (non-hydrogen) atoms. The Balaban J connectivity index is 1.99. The number of benzene rings is 1. The van der Waals surface area contributed by atoms with Gasteiger partial charge in [-0.3, -0.25) is 4.79 Å². The minimum Gasteiger partial charge on any atom is -0.492 e. The molecule has 0 fully saturated rings. The van der Waals surface area contributed by atoms with Gasteiger partial charge < -0.3 is 14.9 Å². The average Bonchev–Trinajstić information content (AvgIpc) is 2.46. The van der Waals surface area contributed by atoms with Crippen molar-refractivity contribution in [2.24, 2.45) is 5.41 Å². The van der Waals surface area contributed by atoms with Gasteiger partial charge in [0.05, 0.1) is 0 Å². The molecular formula is C16H22O4. The van der Waals surface area contributed by atoms with Crippen LogP contribution in [0.5, 0.6) is 5.75 Å². The number of carbonyl (C=O) groups is 1. The summed E-state index contributed by atoms with van der Waals surface area (Å²) in [5.41, 5.74) is 0.185. The first-order valence-electron chi connectivity index (χ1n) is 7.23. The van der Waals surface area contributed by atoms with Crippen LogP contribution in [0.3, 0.4) is 0 Å². The fourth-order valence-corrected chi connectivity index (χ4v) is 2.76. The van der Waals surface area contributed by atoms with E-state index in [1.807, 2.05) is 24.3 Å². The van der Waals surface area contributed by atoms with Crippen LogP contribution in [-0.2, 0) is 11.2 Å². The molecule has 1 aliphatic heterocycles. The number of rotatable bonds is 7. The van der Waals surface area contributed by atoms with E-state index >= 15 is 0 Å². The Morgan fingerprint density at radius 2 is 1.95 bits per heavy atom. The van der Waals surface area contributed by atoms with Gasteiger partial charge in [-0.15, -0.1) is 0 Å². The summed E-state index contributed by atoms with van der Waals surface area (Å²) in [5, 5.41) is 18.3. The Labute approximate surface area is 119 Å². The molecule has 0 aliphatic carbocycles. The number of fused-ring (bicyclic) bond motifs is 1. The van der Waals surface area contributed by atoms with Crippen LogP contribution in [-0.4, -0.2) is 29.4 Å². The van der Waals surface area contributed by atoms with Crippen LogP contribution in [0.25, 0.3) is 0 Å². The Bertz CT molecular complexity index is 458. The van der Waals surface area contributed by atoms with Gasteiger partial charge in [-0.05, 0) is 30.9 Å². The summed E-state index contributed by atoms with van der Waals surface area (Å²) >= 11 is 0. The Morgan fingerprint density at radius 3 is 2.70 bits per heavy atom. The fourth-order valence-electron chi connectivity index (χ4n) is 2.76. The number of aliphatic carboxylic acids is 1. The maximum absolute atomic E-state index is 11.7. The molecule has 4 heteroatoms. The van der Waals surface area contributed by atoms with E-state index in [1.165, 1.54) is 0 Å². The van der Waals surface area contributed by atoms with Crippen molar-refractivity contribution >= 4 is 5.97 Å². The van der Waals surface area contributed by atoms with Crippen molar-refractivity contribution in [2.75, 3.05) is 13.2 Å². The van der Waals surface area contributed by atoms with E-state index in [9.17, 15) is 9.90 Å². The highest BCUT2D eigenvalue weighted by atomic mass is 16.5. The summed E-state index contributed by atoms with van der Waals surface area (Å²) in [6.45, 7) is 0.458. The highest BCUT2D eigenvalue weighted by molar-refractivity contribution is 5.76. The SMILES string of the molecule is O=C(O)C1(CCCCCCO)COc2ccccc2C1. The Hall–Kier alpha value is -1.55. The first-order chi connectivity index (χ1) is 9.68. The zero-order valence-electron chi connectivity index (χ0n) is 11.7. The average molecular weight is 278 g/mol. The lowest BCUT2D eigenvalue weighted by molar-refractivity contribution is -0.152. The molecule has 0 radical (unpaired) electrons. The number of carboxylic acid groups (broad SMARTS) is 1. The molecule has 1 aromatic carbocycles. The van der Waals surface area contributed by atoms with E-state index in [1.54, 1.807) is 0 Å². The molecule has 1 unspecified atom stereocenters. The molecule has 4 nitrogen and oxygen atoms in total. The monoisotopic (exact) mass is 278 g/mol. The van der Waals surface area contributed by atoms with Gasteiger partial charge >= 0.3 is 5.97 Å². The van der Waals surface area contributed by atoms with E-state index in [2.05, 4.69) is 0 Å². The van der Waals surface area contributed by atoms with Crippen LogP contribution < -0.4 is 4.74 Å². The minimum atomic E-state index is -0.798. The van der Waals surface area contributed by atoms with Gasteiger partial charge in [0.1, 0.15) is 17.8 Å². The number of hydrogen-bond acceptors (Lipinski definition) is 3. The Kier molecular flexibility index (Phi) is 5.01. The summed E-state index contributed by atoms with van der Waals surface area (Å²) in [6.07, 6.45) is 4.72. The molecule has 0 amide bonds. The van der Waals surface area contributed by atoms with Crippen molar-refractivity contribution in [3.8, 4) is 5.75 Å². The van der Waals surface area contributed by atoms with Crippen LogP contribution in [0.15, 0.2) is 24.3 Å². The van der Waals surface area contributed by atoms with Crippen molar-refractivity contribution in [2.45, 2.75) is 38.5 Å². The second-order valence-electron chi connectivity index (χ2n) is 5.55. The van der Waals surface area contributed by atoms with E-state index in [-0.39, 0.29) is 13.2 Å². The third kappa shape index (κ3) is 3.31. The molecule has 0 saturated carbocycles. The normalized spacial score (nSPS) is 21.1. The van der Waals surface area contributed by atoms with E-state index < -0.39 is 11.4 Å². The van der Waals surface area contributed by atoms with Crippen LogP contribution in [0, 0.1) is 5.41 Å². The summed E-state index contributed by atoms with van der Waals surface area (Å²) in [5.74, 6) is 0.0406. The van der Waals surface area contributed by atoms with Crippen molar-refractivity contribution in [3.05, 3.63) is 29.8 Å². The van der Waals surface area contributed by atoms with Crippen molar-refractivity contribution in [1.82, 2.24) is 0 Å². The lowest BCUT2D eigenvalue weighted by atomic mass is 9.76. The third-order valence-electron chi connectivity index (χ3n) is 4.02. The molecule has 1 aliphatic rings. The number of aliphatic hydroxyl groups excluding tert-OH is 1. The molecule has 1 atom stereocenters. The molecule has 110 valence electrons.